The maximum atomic E-state index is 12.5. The predicted molar refractivity (Wildman–Crippen MR) is 124 cm³/mol. The van der Waals surface area contributed by atoms with Gasteiger partial charge in [0.2, 0.25) is 5.91 Å². The van der Waals surface area contributed by atoms with Crippen LogP contribution in [0.15, 0.2) is 48.5 Å². The highest BCUT2D eigenvalue weighted by Gasteiger charge is 2.13. The number of amides is 2. The van der Waals surface area contributed by atoms with Gasteiger partial charge in [0, 0.05) is 50.7 Å². The maximum Gasteiger partial charge on any atom is 0.253 e. The summed E-state index contributed by atoms with van der Waals surface area (Å²) in [6, 6.07) is 15.5. The van der Waals surface area contributed by atoms with Crippen LogP contribution in [0, 0.1) is 0 Å². The SMILES string of the molecule is CCN(CC(=O)Nc1ccc(C(=O)N(CC)CC)cc1)Cc1ccc(N(C)C)cc1. The number of anilines is 2. The summed E-state index contributed by atoms with van der Waals surface area (Å²) >= 11 is 0. The number of hydrogen-bond acceptors (Lipinski definition) is 4. The Labute approximate surface area is 180 Å². The topological polar surface area (TPSA) is 55.9 Å². The molecule has 0 saturated carbocycles. The lowest BCUT2D eigenvalue weighted by Gasteiger charge is -2.21. The number of nitrogens with one attached hydrogen (secondary N) is 1. The fourth-order valence-electron chi connectivity index (χ4n) is 3.23. The largest absolute Gasteiger partial charge is 0.378 e. The Bertz CT molecular complexity index is 812. The van der Waals surface area contributed by atoms with Crippen LogP contribution in [0.4, 0.5) is 11.4 Å². The molecule has 1 N–H and O–H groups in total. The molecular weight excluding hydrogens is 376 g/mol. The molecule has 0 aliphatic carbocycles. The number of rotatable bonds is 10. The molecule has 0 radical (unpaired) electrons. The standard InChI is InChI=1S/C24H34N4O2/c1-6-27(17-19-9-15-22(16-10-19)26(4)5)18-23(29)25-21-13-11-20(12-14-21)24(30)28(7-2)8-3/h9-16H,6-8,17-18H2,1-5H3,(H,25,29). The molecule has 2 rings (SSSR count). The molecule has 0 atom stereocenters. The van der Waals surface area contributed by atoms with Crippen molar-refractivity contribution in [3.63, 3.8) is 0 Å². The molecule has 0 fully saturated rings. The lowest BCUT2D eigenvalue weighted by molar-refractivity contribution is -0.117. The lowest BCUT2D eigenvalue weighted by Crippen LogP contribution is -2.32. The molecular formula is C24H34N4O2. The molecule has 0 aliphatic rings. The smallest absolute Gasteiger partial charge is 0.253 e. The van der Waals surface area contributed by atoms with Gasteiger partial charge in [-0.05, 0) is 62.4 Å². The van der Waals surface area contributed by atoms with Gasteiger partial charge in [0.15, 0.2) is 0 Å². The van der Waals surface area contributed by atoms with Crippen LogP contribution in [0.2, 0.25) is 0 Å². The third kappa shape index (κ3) is 6.59. The summed E-state index contributed by atoms with van der Waals surface area (Å²) in [5.41, 5.74) is 3.66. The van der Waals surface area contributed by atoms with Crippen molar-refractivity contribution in [1.82, 2.24) is 9.80 Å². The van der Waals surface area contributed by atoms with Crippen molar-refractivity contribution in [3.8, 4) is 0 Å². The molecule has 2 aromatic rings. The first-order chi connectivity index (χ1) is 14.4. The number of hydrogen-bond donors (Lipinski definition) is 1. The van der Waals surface area contributed by atoms with E-state index in [0.717, 1.165) is 18.8 Å². The van der Waals surface area contributed by atoms with Crippen LogP contribution in [0.25, 0.3) is 0 Å². The average Bonchev–Trinajstić information content (AvgIpc) is 2.74. The second-order valence-corrected chi connectivity index (χ2v) is 7.47. The van der Waals surface area contributed by atoms with Crippen LogP contribution >= 0.6 is 0 Å². The van der Waals surface area contributed by atoms with E-state index in [0.29, 0.717) is 30.9 Å². The van der Waals surface area contributed by atoms with Gasteiger partial charge in [-0.2, -0.15) is 0 Å². The molecule has 2 aromatic carbocycles. The molecule has 0 bridgehead atoms. The molecule has 162 valence electrons. The van der Waals surface area contributed by atoms with Crippen molar-refractivity contribution in [2.24, 2.45) is 0 Å². The zero-order valence-corrected chi connectivity index (χ0v) is 18.8. The van der Waals surface area contributed by atoms with Gasteiger partial charge in [0.05, 0.1) is 6.54 Å². The summed E-state index contributed by atoms with van der Waals surface area (Å²) in [5.74, 6) is -0.0556. The second kappa shape index (κ2) is 11.4. The number of nitrogens with zero attached hydrogens (tertiary/aromatic N) is 3. The average molecular weight is 411 g/mol. The summed E-state index contributed by atoms with van der Waals surface area (Å²) in [4.78, 5) is 30.8. The van der Waals surface area contributed by atoms with Crippen molar-refractivity contribution in [2.45, 2.75) is 27.3 Å². The Morgan fingerprint density at radius 2 is 1.43 bits per heavy atom. The van der Waals surface area contributed by atoms with E-state index < -0.39 is 0 Å². The maximum absolute atomic E-state index is 12.5. The van der Waals surface area contributed by atoms with Gasteiger partial charge in [0.1, 0.15) is 0 Å². The third-order valence-electron chi connectivity index (χ3n) is 5.14. The van der Waals surface area contributed by atoms with Crippen LogP contribution < -0.4 is 10.2 Å². The number of benzene rings is 2. The van der Waals surface area contributed by atoms with Crippen molar-refractivity contribution in [1.29, 1.82) is 0 Å². The fourth-order valence-corrected chi connectivity index (χ4v) is 3.23. The van der Waals surface area contributed by atoms with Gasteiger partial charge in [-0.3, -0.25) is 14.5 Å². The van der Waals surface area contributed by atoms with Crippen LogP contribution in [-0.4, -0.2) is 61.9 Å². The Kier molecular flexibility index (Phi) is 8.87. The normalized spacial score (nSPS) is 10.7. The van der Waals surface area contributed by atoms with E-state index in [9.17, 15) is 9.59 Å². The lowest BCUT2D eigenvalue weighted by atomic mass is 10.1. The van der Waals surface area contributed by atoms with Crippen LogP contribution in [-0.2, 0) is 11.3 Å². The zero-order chi connectivity index (χ0) is 22.1. The van der Waals surface area contributed by atoms with Crippen LogP contribution in [0.1, 0.15) is 36.7 Å². The Morgan fingerprint density at radius 3 is 1.93 bits per heavy atom. The van der Waals surface area contributed by atoms with Crippen LogP contribution in [0.5, 0.6) is 0 Å². The van der Waals surface area contributed by atoms with Gasteiger partial charge in [0.25, 0.3) is 5.91 Å². The first-order valence-electron chi connectivity index (χ1n) is 10.6. The van der Waals surface area contributed by atoms with Crippen molar-refractivity contribution in [2.75, 3.05) is 50.5 Å². The molecule has 0 aromatic heterocycles. The van der Waals surface area contributed by atoms with Crippen molar-refractivity contribution in [3.05, 3.63) is 59.7 Å². The molecule has 6 nitrogen and oxygen atoms in total. The van der Waals surface area contributed by atoms with E-state index in [4.69, 9.17) is 0 Å². The van der Waals surface area contributed by atoms with Crippen LogP contribution in [0.3, 0.4) is 0 Å². The van der Waals surface area contributed by atoms with E-state index in [1.54, 1.807) is 29.2 Å². The fraction of sp³-hybridized carbons (Fsp3) is 0.417. The summed E-state index contributed by atoms with van der Waals surface area (Å²) in [7, 11) is 4.04. The molecule has 0 unspecified atom stereocenters. The molecule has 2 amide bonds. The van der Waals surface area contributed by atoms with Gasteiger partial charge in [-0.25, -0.2) is 0 Å². The molecule has 30 heavy (non-hydrogen) atoms. The van der Waals surface area contributed by atoms with E-state index in [1.165, 1.54) is 5.56 Å². The minimum Gasteiger partial charge on any atom is -0.378 e. The Morgan fingerprint density at radius 1 is 0.833 bits per heavy atom. The summed E-state index contributed by atoms with van der Waals surface area (Å²) in [6.07, 6.45) is 0. The van der Waals surface area contributed by atoms with Crippen molar-refractivity contribution < 1.29 is 9.59 Å². The van der Waals surface area contributed by atoms with Gasteiger partial charge >= 0.3 is 0 Å². The minimum atomic E-state index is -0.0652. The quantitative estimate of drug-likeness (QED) is 0.649. The highest BCUT2D eigenvalue weighted by molar-refractivity contribution is 5.96. The van der Waals surface area contributed by atoms with E-state index in [2.05, 4.69) is 46.3 Å². The summed E-state index contributed by atoms with van der Waals surface area (Å²) < 4.78 is 0. The van der Waals surface area contributed by atoms with Crippen molar-refractivity contribution >= 4 is 23.2 Å². The monoisotopic (exact) mass is 410 g/mol. The Balaban J connectivity index is 1.92. The molecule has 0 aliphatic heterocycles. The second-order valence-electron chi connectivity index (χ2n) is 7.47. The minimum absolute atomic E-state index is 0.00956. The highest BCUT2D eigenvalue weighted by atomic mass is 16.2. The zero-order valence-electron chi connectivity index (χ0n) is 18.8. The first kappa shape index (κ1) is 23.4. The van der Waals surface area contributed by atoms with Gasteiger partial charge in [-0.15, -0.1) is 0 Å². The predicted octanol–water partition coefficient (Wildman–Crippen LogP) is 3.70. The summed E-state index contributed by atoms with van der Waals surface area (Å²) in [6.45, 7) is 9.14. The molecule has 0 heterocycles. The molecule has 0 saturated heterocycles. The number of likely N-dealkylation sites (N-methyl/N-ethyl adjacent to an activating group) is 1. The molecule has 0 spiro atoms. The molecule has 6 heteroatoms. The van der Waals surface area contributed by atoms with E-state index >= 15 is 0 Å². The Hall–Kier alpha value is -2.86. The first-order valence-corrected chi connectivity index (χ1v) is 10.6. The summed E-state index contributed by atoms with van der Waals surface area (Å²) in [5, 5.41) is 2.93. The number of carbonyl (C=O) groups is 2. The highest BCUT2D eigenvalue weighted by Crippen LogP contribution is 2.15. The van der Waals surface area contributed by atoms with Gasteiger partial charge in [-0.1, -0.05) is 19.1 Å². The number of carbonyl (C=O) groups excluding carboxylic acids is 2. The van der Waals surface area contributed by atoms with E-state index in [1.807, 2.05) is 27.9 Å². The van der Waals surface area contributed by atoms with Gasteiger partial charge < -0.3 is 15.1 Å². The van der Waals surface area contributed by atoms with E-state index in [-0.39, 0.29) is 11.8 Å². The third-order valence-corrected chi connectivity index (χ3v) is 5.14.